The number of nitrogens with one attached hydrogen (secondary N) is 2. The van der Waals surface area contributed by atoms with E-state index in [9.17, 15) is 8.42 Å². The molecular formula is C14H17N3O3S. The van der Waals surface area contributed by atoms with Crippen molar-refractivity contribution in [1.82, 2.24) is 9.71 Å². The highest BCUT2D eigenvalue weighted by molar-refractivity contribution is 7.89. The van der Waals surface area contributed by atoms with Gasteiger partial charge in [-0.25, -0.2) is 13.1 Å². The summed E-state index contributed by atoms with van der Waals surface area (Å²) in [7, 11) is -0.446. The molecule has 1 aromatic heterocycles. The molecule has 0 bridgehead atoms. The van der Waals surface area contributed by atoms with E-state index < -0.39 is 10.0 Å². The summed E-state index contributed by atoms with van der Waals surface area (Å²) >= 11 is 0. The Labute approximate surface area is 124 Å². The zero-order chi connectivity index (χ0) is 15.3. The van der Waals surface area contributed by atoms with Crippen LogP contribution in [0.5, 0.6) is 5.75 Å². The Balaban J connectivity index is 2.22. The topological polar surface area (TPSA) is 80.3 Å². The minimum absolute atomic E-state index is 0.113. The van der Waals surface area contributed by atoms with Crippen molar-refractivity contribution < 1.29 is 13.2 Å². The largest absolute Gasteiger partial charge is 0.496 e. The van der Waals surface area contributed by atoms with E-state index in [1.807, 2.05) is 18.2 Å². The molecule has 0 spiro atoms. The van der Waals surface area contributed by atoms with Crippen molar-refractivity contribution in [1.29, 1.82) is 0 Å². The average Bonchev–Trinajstić information content (AvgIpc) is 2.53. The lowest BCUT2D eigenvalue weighted by Crippen LogP contribution is -2.24. The van der Waals surface area contributed by atoms with Crippen LogP contribution in [0.25, 0.3) is 0 Å². The second kappa shape index (κ2) is 6.55. The molecule has 6 nitrogen and oxygen atoms in total. The molecule has 112 valence electrons. The highest BCUT2D eigenvalue weighted by Crippen LogP contribution is 2.21. The van der Waals surface area contributed by atoms with E-state index >= 15 is 0 Å². The number of sulfonamides is 1. The summed E-state index contributed by atoms with van der Waals surface area (Å²) in [5.74, 6) is 0.639. The SMILES string of the molecule is CNc1ccncc1S(=O)(=O)NCc1ccccc1OC. The Kier molecular flexibility index (Phi) is 4.77. The maximum Gasteiger partial charge on any atom is 0.244 e. The van der Waals surface area contributed by atoms with Gasteiger partial charge in [-0.05, 0) is 12.1 Å². The first-order valence-electron chi connectivity index (χ1n) is 6.32. The van der Waals surface area contributed by atoms with Gasteiger partial charge in [0.15, 0.2) is 0 Å². The van der Waals surface area contributed by atoms with Crippen LogP contribution in [0.2, 0.25) is 0 Å². The maximum atomic E-state index is 12.4. The fraction of sp³-hybridized carbons (Fsp3) is 0.214. The Morgan fingerprint density at radius 1 is 1.24 bits per heavy atom. The quantitative estimate of drug-likeness (QED) is 0.847. The van der Waals surface area contributed by atoms with Crippen LogP contribution >= 0.6 is 0 Å². The van der Waals surface area contributed by atoms with Crippen molar-refractivity contribution in [3.63, 3.8) is 0 Å². The fourth-order valence-corrected chi connectivity index (χ4v) is 3.06. The smallest absolute Gasteiger partial charge is 0.244 e. The number of methoxy groups -OCH3 is 1. The summed E-state index contributed by atoms with van der Waals surface area (Å²) < 4.78 is 32.5. The van der Waals surface area contributed by atoms with Crippen LogP contribution in [0.3, 0.4) is 0 Å². The van der Waals surface area contributed by atoms with Crippen molar-refractivity contribution in [2.24, 2.45) is 0 Å². The lowest BCUT2D eigenvalue weighted by Gasteiger charge is -2.12. The number of anilines is 1. The first kappa shape index (κ1) is 15.3. The normalized spacial score (nSPS) is 11.1. The first-order valence-corrected chi connectivity index (χ1v) is 7.80. The third-order valence-electron chi connectivity index (χ3n) is 2.99. The van der Waals surface area contributed by atoms with Crippen LogP contribution in [0, 0.1) is 0 Å². The van der Waals surface area contributed by atoms with Crippen molar-refractivity contribution >= 4 is 15.7 Å². The predicted molar refractivity (Wildman–Crippen MR) is 80.8 cm³/mol. The van der Waals surface area contributed by atoms with Crippen LogP contribution in [0.1, 0.15) is 5.56 Å². The number of aromatic nitrogens is 1. The lowest BCUT2D eigenvalue weighted by molar-refractivity contribution is 0.409. The summed E-state index contributed by atoms with van der Waals surface area (Å²) in [5.41, 5.74) is 1.26. The van der Waals surface area contributed by atoms with Crippen LogP contribution in [0.15, 0.2) is 47.6 Å². The molecule has 0 atom stereocenters. The average molecular weight is 307 g/mol. The molecule has 0 unspecified atom stereocenters. The predicted octanol–water partition coefficient (Wildman–Crippen LogP) is 1.61. The molecule has 0 aliphatic heterocycles. The number of hydrogen-bond donors (Lipinski definition) is 2. The van der Waals surface area contributed by atoms with Gasteiger partial charge in [0.05, 0.1) is 12.8 Å². The van der Waals surface area contributed by atoms with E-state index in [1.54, 1.807) is 26.3 Å². The van der Waals surface area contributed by atoms with Crippen LogP contribution < -0.4 is 14.8 Å². The number of pyridine rings is 1. The number of hydrogen-bond acceptors (Lipinski definition) is 5. The number of ether oxygens (including phenoxy) is 1. The van der Waals surface area contributed by atoms with E-state index in [1.165, 1.54) is 12.4 Å². The van der Waals surface area contributed by atoms with Gasteiger partial charge in [-0.3, -0.25) is 4.98 Å². The minimum Gasteiger partial charge on any atom is -0.496 e. The molecule has 1 aromatic carbocycles. The minimum atomic E-state index is -3.66. The molecule has 2 aromatic rings. The van der Waals surface area contributed by atoms with Gasteiger partial charge in [0.1, 0.15) is 10.6 Å². The van der Waals surface area contributed by atoms with Gasteiger partial charge in [-0.1, -0.05) is 18.2 Å². The van der Waals surface area contributed by atoms with Crippen LogP contribution in [-0.2, 0) is 16.6 Å². The molecule has 0 fully saturated rings. The molecule has 0 aliphatic carbocycles. The molecule has 21 heavy (non-hydrogen) atoms. The van der Waals surface area contributed by atoms with Gasteiger partial charge >= 0.3 is 0 Å². The molecule has 2 N–H and O–H groups in total. The van der Waals surface area contributed by atoms with Crippen LogP contribution in [0.4, 0.5) is 5.69 Å². The number of rotatable bonds is 6. The monoisotopic (exact) mass is 307 g/mol. The number of benzene rings is 1. The Bertz CT molecular complexity index is 717. The van der Waals surface area contributed by atoms with Crippen molar-refractivity contribution in [3.8, 4) is 5.75 Å². The molecule has 2 rings (SSSR count). The highest BCUT2D eigenvalue weighted by atomic mass is 32.2. The summed E-state index contributed by atoms with van der Waals surface area (Å²) in [6, 6.07) is 8.86. The third-order valence-corrected chi connectivity index (χ3v) is 4.42. The maximum absolute atomic E-state index is 12.4. The third kappa shape index (κ3) is 3.50. The van der Waals surface area contributed by atoms with E-state index in [0.29, 0.717) is 11.4 Å². The zero-order valence-electron chi connectivity index (χ0n) is 11.8. The summed E-state index contributed by atoms with van der Waals surface area (Å²) in [4.78, 5) is 3.98. The molecular weight excluding hydrogens is 290 g/mol. The van der Waals surface area contributed by atoms with Gasteiger partial charge in [0.25, 0.3) is 0 Å². The number of para-hydroxylation sites is 1. The van der Waals surface area contributed by atoms with Crippen LogP contribution in [-0.4, -0.2) is 27.6 Å². The first-order chi connectivity index (χ1) is 10.1. The van der Waals surface area contributed by atoms with Crippen molar-refractivity contribution in [3.05, 3.63) is 48.3 Å². The molecule has 0 saturated carbocycles. The number of nitrogens with zero attached hydrogens (tertiary/aromatic N) is 1. The van der Waals surface area contributed by atoms with Crippen molar-refractivity contribution in [2.75, 3.05) is 19.5 Å². The Morgan fingerprint density at radius 2 is 2.00 bits per heavy atom. The van der Waals surface area contributed by atoms with Gasteiger partial charge in [0.2, 0.25) is 10.0 Å². The molecule has 1 heterocycles. The summed E-state index contributed by atoms with van der Waals surface area (Å²) in [6.45, 7) is 0.143. The fourth-order valence-electron chi connectivity index (χ4n) is 1.90. The zero-order valence-corrected chi connectivity index (χ0v) is 12.6. The summed E-state index contributed by atoms with van der Waals surface area (Å²) in [5, 5.41) is 2.84. The van der Waals surface area contributed by atoms with Gasteiger partial charge in [-0.2, -0.15) is 0 Å². The van der Waals surface area contributed by atoms with E-state index in [0.717, 1.165) is 5.56 Å². The molecule has 0 saturated heterocycles. The Morgan fingerprint density at radius 3 is 2.71 bits per heavy atom. The van der Waals surface area contributed by atoms with E-state index in [4.69, 9.17) is 4.74 Å². The Hall–Kier alpha value is -2.12. The molecule has 7 heteroatoms. The standard InChI is InChI=1S/C14H17N3O3S/c1-15-12-7-8-16-10-14(12)21(18,19)17-9-11-5-3-4-6-13(11)20-2/h3-8,10,17H,9H2,1-2H3,(H,15,16). The second-order valence-electron chi connectivity index (χ2n) is 4.26. The molecule has 0 radical (unpaired) electrons. The van der Waals surface area contributed by atoms with Crippen molar-refractivity contribution in [2.45, 2.75) is 11.4 Å². The highest BCUT2D eigenvalue weighted by Gasteiger charge is 2.18. The van der Waals surface area contributed by atoms with Gasteiger partial charge < -0.3 is 10.1 Å². The van der Waals surface area contributed by atoms with E-state index in [-0.39, 0.29) is 11.4 Å². The second-order valence-corrected chi connectivity index (χ2v) is 5.99. The van der Waals surface area contributed by atoms with Gasteiger partial charge in [-0.15, -0.1) is 0 Å². The lowest BCUT2D eigenvalue weighted by atomic mass is 10.2. The van der Waals surface area contributed by atoms with E-state index in [2.05, 4.69) is 15.0 Å². The molecule has 0 amide bonds. The molecule has 0 aliphatic rings. The summed E-state index contributed by atoms with van der Waals surface area (Å²) in [6.07, 6.45) is 2.85. The van der Waals surface area contributed by atoms with Gasteiger partial charge in [0, 0.05) is 31.5 Å².